The second-order valence-electron chi connectivity index (χ2n) is 8.59. The molecule has 3 aromatic heterocycles. The largest absolute Gasteiger partial charge is 0.381 e. The van der Waals surface area contributed by atoms with Crippen LogP contribution in [0.3, 0.4) is 0 Å². The zero-order chi connectivity index (χ0) is 25.4. The van der Waals surface area contributed by atoms with E-state index in [1.165, 1.54) is 4.90 Å². The van der Waals surface area contributed by atoms with Crippen molar-refractivity contribution in [2.24, 2.45) is 7.05 Å². The maximum atomic E-state index is 13.0. The first-order valence-corrected chi connectivity index (χ1v) is 11.7. The van der Waals surface area contributed by atoms with Crippen LogP contribution in [0, 0.1) is 0 Å². The highest BCUT2D eigenvalue weighted by atomic mass is 35.5. The van der Waals surface area contributed by atoms with Crippen molar-refractivity contribution in [3.63, 3.8) is 0 Å². The molecule has 1 aromatic carbocycles. The number of rotatable bonds is 4. The van der Waals surface area contributed by atoms with E-state index in [-0.39, 0.29) is 30.0 Å². The molecule has 1 unspecified atom stereocenters. The Morgan fingerprint density at radius 2 is 2.11 bits per heavy atom. The molecule has 11 nitrogen and oxygen atoms in total. The number of aromatic nitrogens is 5. The number of benzene rings is 1. The highest BCUT2D eigenvalue weighted by Crippen LogP contribution is 2.36. The molecule has 1 atom stereocenters. The Labute approximate surface area is 211 Å². The van der Waals surface area contributed by atoms with Gasteiger partial charge in [-0.2, -0.15) is 5.10 Å². The van der Waals surface area contributed by atoms with Crippen molar-refractivity contribution < 1.29 is 9.59 Å². The van der Waals surface area contributed by atoms with Crippen molar-refractivity contribution in [1.29, 1.82) is 0 Å². The van der Waals surface area contributed by atoms with Gasteiger partial charge < -0.3 is 16.4 Å². The molecule has 1 fully saturated rings. The van der Waals surface area contributed by atoms with Gasteiger partial charge in [-0.15, -0.1) is 0 Å². The molecule has 1 aliphatic heterocycles. The number of urea groups is 1. The van der Waals surface area contributed by atoms with Crippen molar-refractivity contribution in [3.8, 4) is 22.6 Å². The summed E-state index contributed by atoms with van der Waals surface area (Å²) in [5.74, 6) is 0.134. The van der Waals surface area contributed by atoms with Crippen molar-refractivity contribution in [1.82, 2.24) is 35.4 Å². The fourth-order valence-corrected chi connectivity index (χ4v) is 4.44. The zero-order valence-electron chi connectivity index (χ0n) is 19.7. The standard InChI is InChI=1S/C24H24ClN9O2/c1-33-9-6-17(32-33)21-20(14-10-13-4-3-7-28-19(13)16(25)11-14)31-23(22(26)30-21)34(2)24(36)29-15-5-8-27-18(35)12-15/h3-4,6-7,9-11,15H,5,8,12H2,1-2H3,(H2,26,30)(H,27,35)(H,29,36). The average Bonchev–Trinajstić information content (AvgIpc) is 3.29. The summed E-state index contributed by atoms with van der Waals surface area (Å²) < 4.78 is 1.65. The number of nitrogens with one attached hydrogen (secondary N) is 2. The van der Waals surface area contributed by atoms with Crippen LogP contribution in [-0.4, -0.2) is 56.3 Å². The lowest BCUT2D eigenvalue weighted by atomic mass is 10.0. The minimum atomic E-state index is -0.437. The van der Waals surface area contributed by atoms with Crippen LogP contribution in [0.1, 0.15) is 12.8 Å². The van der Waals surface area contributed by atoms with Crippen LogP contribution in [0.25, 0.3) is 33.5 Å². The number of hydrogen-bond donors (Lipinski definition) is 3. The third-order valence-corrected chi connectivity index (χ3v) is 6.28. The molecule has 0 spiro atoms. The van der Waals surface area contributed by atoms with Crippen LogP contribution in [0.4, 0.5) is 16.4 Å². The Morgan fingerprint density at radius 1 is 1.28 bits per heavy atom. The van der Waals surface area contributed by atoms with Gasteiger partial charge in [-0.05, 0) is 30.7 Å². The second-order valence-corrected chi connectivity index (χ2v) is 8.99. The van der Waals surface area contributed by atoms with Gasteiger partial charge >= 0.3 is 6.03 Å². The Balaban J connectivity index is 1.59. The number of anilines is 2. The number of pyridine rings is 1. The molecular formula is C24H24ClN9O2. The van der Waals surface area contributed by atoms with Crippen LogP contribution in [0.15, 0.2) is 42.7 Å². The molecule has 4 aromatic rings. The number of halogens is 1. The van der Waals surface area contributed by atoms with E-state index in [4.69, 9.17) is 22.3 Å². The number of hydrogen-bond acceptors (Lipinski definition) is 7. The molecule has 184 valence electrons. The minimum absolute atomic E-state index is 0.0620. The number of carbonyl (C=O) groups excluding carboxylic acids is 2. The van der Waals surface area contributed by atoms with E-state index in [1.54, 1.807) is 43.3 Å². The molecule has 1 saturated heterocycles. The first-order chi connectivity index (χ1) is 17.3. The second kappa shape index (κ2) is 9.42. The van der Waals surface area contributed by atoms with Gasteiger partial charge in [0.1, 0.15) is 17.1 Å². The predicted molar refractivity (Wildman–Crippen MR) is 137 cm³/mol. The van der Waals surface area contributed by atoms with E-state index in [1.807, 2.05) is 18.2 Å². The summed E-state index contributed by atoms with van der Waals surface area (Å²) in [6, 6.07) is 8.49. The number of fused-ring (bicyclic) bond motifs is 1. The molecule has 1 aliphatic rings. The van der Waals surface area contributed by atoms with E-state index < -0.39 is 6.03 Å². The number of nitrogens with two attached hydrogens (primary N) is 1. The van der Waals surface area contributed by atoms with E-state index in [2.05, 4.69) is 25.7 Å². The Morgan fingerprint density at radius 3 is 2.86 bits per heavy atom. The summed E-state index contributed by atoms with van der Waals surface area (Å²) in [5, 5.41) is 11.4. The SMILES string of the molecule is CN(C(=O)NC1CCNC(=O)C1)c1nc(-c2cc(Cl)c3ncccc3c2)c(-c2ccn(C)n2)nc1N. The Bertz CT molecular complexity index is 1490. The summed E-state index contributed by atoms with van der Waals surface area (Å²) >= 11 is 6.56. The van der Waals surface area contributed by atoms with E-state index >= 15 is 0 Å². The molecular weight excluding hydrogens is 482 g/mol. The summed E-state index contributed by atoms with van der Waals surface area (Å²) in [6.45, 7) is 0.510. The highest BCUT2D eigenvalue weighted by Gasteiger charge is 2.26. The van der Waals surface area contributed by atoms with Gasteiger partial charge in [0.2, 0.25) is 5.91 Å². The highest BCUT2D eigenvalue weighted by molar-refractivity contribution is 6.35. The molecule has 0 aliphatic carbocycles. The normalized spacial score (nSPS) is 15.5. The van der Waals surface area contributed by atoms with Gasteiger partial charge in [-0.25, -0.2) is 14.8 Å². The number of aryl methyl sites for hydroxylation is 1. The van der Waals surface area contributed by atoms with Crippen molar-refractivity contribution in [2.45, 2.75) is 18.9 Å². The van der Waals surface area contributed by atoms with Gasteiger partial charge in [-0.3, -0.25) is 19.4 Å². The molecule has 0 saturated carbocycles. The molecule has 4 N–H and O–H groups in total. The number of nitrogens with zero attached hydrogens (tertiary/aromatic N) is 6. The van der Waals surface area contributed by atoms with Gasteiger partial charge in [0.15, 0.2) is 11.6 Å². The Hall–Kier alpha value is -4.25. The van der Waals surface area contributed by atoms with E-state index in [0.717, 1.165) is 5.39 Å². The number of nitrogen functional groups attached to an aromatic ring is 1. The molecule has 0 radical (unpaired) electrons. The third-order valence-electron chi connectivity index (χ3n) is 5.99. The minimum Gasteiger partial charge on any atom is -0.381 e. The van der Waals surface area contributed by atoms with Crippen LogP contribution in [0.2, 0.25) is 5.02 Å². The van der Waals surface area contributed by atoms with E-state index in [9.17, 15) is 9.59 Å². The maximum Gasteiger partial charge on any atom is 0.323 e. The van der Waals surface area contributed by atoms with Crippen LogP contribution in [0.5, 0.6) is 0 Å². The van der Waals surface area contributed by atoms with Crippen LogP contribution in [-0.2, 0) is 11.8 Å². The topological polar surface area (TPSA) is 144 Å². The summed E-state index contributed by atoms with van der Waals surface area (Å²) in [4.78, 5) is 39.7. The molecule has 12 heteroatoms. The number of carbonyl (C=O) groups is 2. The lowest BCUT2D eigenvalue weighted by Crippen LogP contribution is -2.49. The van der Waals surface area contributed by atoms with Crippen molar-refractivity contribution >= 4 is 46.1 Å². The summed E-state index contributed by atoms with van der Waals surface area (Å²) in [5.41, 5.74) is 9.12. The van der Waals surface area contributed by atoms with E-state index in [0.29, 0.717) is 46.2 Å². The van der Waals surface area contributed by atoms with Crippen LogP contribution < -0.4 is 21.3 Å². The van der Waals surface area contributed by atoms with Gasteiger partial charge in [0.25, 0.3) is 0 Å². The lowest BCUT2D eigenvalue weighted by Gasteiger charge is -2.26. The van der Waals surface area contributed by atoms with Crippen molar-refractivity contribution in [3.05, 3.63) is 47.7 Å². The van der Waals surface area contributed by atoms with Gasteiger partial charge in [-0.1, -0.05) is 17.7 Å². The number of piperidine rings is 1. The molecule has 0 bridgehead atoms. The summed E-state index contributed by atoms with van der Waals surface area (Å²) in [7, 11) is 3.36. The first kappa shape index (κ1) is 23.5. The smallest absolute Gasteiger partial charge is 0.323 e. The molecule has 36 heavy (non-hydrogen) atoms. The Kier molecular flexibility index (Phi) is 6.15. The van der Waals surface area contributed by atoms with Gasteiger partial charge in [0, 0.05) is 56.4 Å². The monoisotopic (exact) mass is 505 g/mol. The zero-order valence-corrected chi connectivity index (χ0v) is 20.5. The maximum absolute atomic E-state index is 13.0. The molecule has 3 amide bonds. The van der Waals surface area contributed by atoms with Crippen LogP contribution >= 0.6 is 11.6 Å². The third kappa shape index (κ3) is 4.52. The summed E-state index contributed by atoms with van der Waals surface area (Å²) in [6.07, 6.45) is 4.33. The first-order valence-electron chi connectivity index (χ1n) is 11.3. The average molecular weight is 506 g/mol. The van der Waals surface area contributed by atoms with Gasteiger partial charge in [0.05, 0.1) is 10.5 Å². The van der Waals surface area contributed by atoms with Crippen molar-refractivity contribution in [2.75, 3.05) is 24.2 Å². The quantitative estimate of drug-likeness (QED) is 0.386. The lowest BCUT2D eigenvalue weighted by molar-refractivity contribution is -0.122. The molecule has 5 rings (SSSR count). The fourth-order valence-electron chi connectivity index (χ4n) is 4.17. The predicted octanol–water partition coefficient (Wildman–Crippen LogP) is 2.75. The fraction of sp³-hybridized carbons (Fsp3) is 0.250. The molecule has 4 heterocycles. The number of amides is 3.